The molecule has 2 aromatic rings. The number of nitrogens with zero attached hydrogens (tertiary/aromatic N) is 5. The molecule has 1 N–H and O–H groups in total. The quantitative estimate of drug-likeness (QED) is 0.160. The maximum atomic E-state index is 12.7. The van der Waals surface area contributed by atoms with Gasteiger partial charge in [-0.3, -0.25) is 9.69 Å². The SMILES string of the molecule is Cc1ccc(C=O)c(C2=CCN(C(=O)OC(C)(C)C)C2)c1.Cc1ccc(CN2CCN(C(=O)OC(C(F)(F)F)C(F)(F)F)CC2)c(C2=CCN(C(=O)OC(C)(C)C)C2)c1.O=C(OC(C(F)(F)F)C(F)(F)F)N1CCNCC1. The van der Waals surface area contributed by atoms with E-state index in [9.17, 15) is 76.7 Å². The van der Waals surface area contributed by atoms with Crippen molar-refractivity contribution in [3.05, 3.63) is 81.9 Å². The predicted molar refractivity (Wildman–Crippen MR) is 255 cm³/mol. The number of piperazine rings is 2. The minimum Gasteiger partial charge on any atom is -0.444 e. The Morgan fingerprint density at radius 1 is 0.545 bits per heavy atom. The molecule has 0 unspecified atom stereocenters. The molecule has 4 heterocycles. The number of hydrogen-bond donors (Lipinski definition) is 1. The summed E-state index contributed by atoms with van der Waals surface area (Å²) in [5, 5.41) is 2.79. The summed E-state index contributed by atoms with van der Waals surface area (Å²) in [4.78, 5) is 65.7. The molecule has 77 heavy (non-hydrogen) atoms. The molecule has 2 aromatic carbocycles. The Labute approximate surface area is 437 Å². The number of carbonyl (C=O) groups excluding carboxylic acids is 5. The number of ether oxygens (including phenoxy) is 4. The van der Waals surface area contributed by atoms with Gasteiger partial charge >= 0.3 is 49.1 Å². The summed E-state index contributed by atoms with van der Waals surface area (Å²) < 4.78 is 167. The summed E-state index contributed by atoms with van der Waals surface area (Å²) in [5.41, 5.74) is 6.35. The molecule has 2 fully saturated rings. The number of benzene rings is 2. The van der Waals surface area contributed by atoms with Crippen LogP contribution < -0.4 is 5.32 Å². The molecule has 0 saturated carbocycles. The molecule has 0 atom stereocenters. The lowest BCUT2D eigenvalue weighted by atomic mass is 9.97. The Hall–Kier alpha value is -6.25. The first-order chi connectivity index (χ1) is 35.4. The average molecular weight is 1120 g/mol. The topological polar surface area (TPSA) is 150 Å². The van der Waals surface area contributed by atoms with Gasteiger partial charge in [-0.15, -0.1) is 0 Å². The molecule has 0 aliphatic carbocycles. The first kappa shape index (κ1) is 63.3. The molecule has 4 amide bonds. The van der Waals surface area contributed by atoms with E-state index >= 15 is 0 Å². The smallest absolute Gasteiger partial charge is 0.434 e. The molecule has 15 nitrogen and oxygen atoms in total. The van der Waals surface area contributed by atoms with Crippen LogP contribution in [-0.2, 0) is 25.5 Å². The lowest BCUT2D eigenvalue weighted by Gasteiger charge is -2.35. The van der Waals surface area contributed by atoms with Crippen LogP contribution in [0.5, 0.6) is 0 Å². The Morgan fingerprint density at radius 3 is 1.34 bits per heavy atom. The van der Waals surface area contributed by atoms with Gasteiger partial charge in [-0.05, 0) is 83.2 Å². The highest BCUT2D eigenvalue weighted by Gasteiger charge is 2.61. The monoisotopic (exact) mass is 1120 g/mol. The molecule has 430 valence electrons. The standard InChI is InChI=1S/C25H31F6N3O4.C17H21NO3.C8H10F6N2O2/c1-16-5-6-17(19(13-16)18-7-8-34(15-18)22(36)38-23(2,3)4)14-32-9-11-33(12-10-32)21(35)37-20(24(26,27)28)25(29,30)31;1-12-5-6-14(11-19)15(9-12)13-7-8-18(10-13)16(20)21-17(2,3)4;9-7(10,11)5(8(12,13)14)18-6(17)16-3-1-15-2-4-16/h5-7,13,20H,8-12,14-15H2,1-4H3;5-7,9,11H,8,10H2,1-4H3;5,15H,1-4H2. The van der Waals surface area contributed by atoms with Crippen LogP contribution in [0, 0.1) is 13.8 Å². The summed E-state index contributed by atoms with van der Waals surface area (Å²) in [7, 11) is 0. The number of aldehydes is 1. The molecule has 27 heteroatoms. The number of hydrogen-bond acceptors (Lipinski definition) is 11. The van der Waals surface area contributed by atoms with E-state index in [1.807, 2.05) is 88.1 Å². The number of alkyl halides is 12. The minimum absolute atomic E-state index is 0.00126. The summed E-state index contributed by atoms with van der Waals surface area (Å²) in [5.74, 6) is 0. The fourth-order valence-electron chi connectivity index (χ4n) is 7.78. The third-order valence-electron chi connectivity index (χ3n) is 11.5. The Kier molecular flexibility index (Phi) is 20.9. The number of nitrogens with one attached hydrogen (secondary N) is 1. The molecule has 6 rings (SSSR count). The molecule has 0 spiro atoms. The van der Waals surface area contributed by atoms with Crippen molar-refractivity contribution in [2.45, 2.75) is 110 Å². The highest BCUT2D eigenvalue weighted by molar-refractivity contribution is 5.88. The zero-order chi connectivity index (χ0) is 58.1. The fraction of sp³-hybridized carbons (Fsp3) is 0.580. The minimum atomic E-state index is -5.76. The Morgan fingerprint density at radius 2 is 0.935 bits per heavy atom. The van der Waals surface area contributed by atoms with Gasteiger partial charge in [0, 0.05) is 90.6 Å². The van der Waals surface area contributed by atoms with Crippen LogP contribution in [0.25, 0.3) is 11.1 Å². The lowest BCUT2D eigenvalue weighted by molar-refractivity contribution is -0.309. The molecule has 2 saturated heterocycles. The van der Waals surface area contributed by atoms with Gasteiger partial charge in [0.15, 0.2) is 6.29 Å². The second kappa shape index (κ2) is 25.5. The molecular formula is C50H62F12N6O9. The third kappa shape index (κ3) is 19.6. The van der Waals surface area contributed by atoms with E-state index in [-0.39, 0.29) is 58.5 Å². The molecule has 0 aromatic heterocycles. The summed E-state index contributed by atoms with van der Waals surface area (Å²) in [6, 6.07) is 11.6. The van der Waals surface area contributed by atoms with Crippen molar-refractivity contribution in [2.24, 2.45) is 0 Å². The van der Waals surface area contributed by atoms with Crippen LogP contribution in [-0.4, -0.2) is 182 Å². The van der Waals surface area contributed by atoms with Crippen molar-refractivity contribution in [1.82, 2.24) is 29.8 Å². The van der Waals surface area contributed by atoms with Gasteiger partial charge in [-0.2, -0.15) is 52.7 Å². The van der Waals surface area contributed by atoms with Crippen LogP contribution in [0.1, 0.15) is 79.7 Å². The van der Waals surface area contributed by atoms with E-state index < -0.39 is 66.4 Å². The van der Waals surface area contributed by atoms with Crippen LogP contribution in [0.15, 0.2) is 48.6 Å². The van der Waals surface area contributed by atoms with Gasteiger partial charge in [0.05, 0.1) is 0 Å². The van der Waals surface area contributed by atoms with Crippen LogP contribution in [0.2, 0.25) is 0 Å². The van der Waals surface area contributed by atoms with E-state index in [2.05, 4.69) is 14.8 Å². The van der Waals surface area contributed by atoms with Gasteiger partial charge in [0.1, 0.15) is 11.2 Å². The van der Waals surface area contributed by atoms with Gasteiger partial charge in [0.2, 0.25) is 0 Å². The number of amides is 4. The molecule has 4 aliphatic heterocycles. The zero-order valence-electron chi connectivity index (χ0n) is 43.5. The molecular weight excluding hydrogens is 1060 g/mol. The van der Waals surface area contributed by atoms with Gasteiger partial charge < -0.3 is 43.9 Å². The number of halogens is 12. The number of carbonyl (C=O) groups is 5. The average Bonchev–Trinajstić information content (AvgIpc) is 4.01. The van der Waals surface area contributed by atoms with Crippen molar-refractivity contribution in [2.75, 3.05) is 78.5 Å². The lowest BCUT2D eigenvalue weighted by Crippen LogP contribution is -2.52. The predicted octanol–water partition coefficient (Wildman–Crippen LogP) is 10.3. The van der Waals surface area contributed by atoms with Crippen LogP contribution >= 0.6 is 0 Å². The van der Waals surface area contributed by atoms with Crippen LogP contribution in [0.4, 0.5) is 71.9 Å². The van der Waals surface area contributed by atoms with Crippen molar-refractivity contribution in [1.29, 1.82) is 0 Å². The normalized spacial score (nSPS) is 17.0. The van der Waals surface area contributed by atoms with E-state index in [4.69, 9.17) is 9.47 Å². The summed E-state index contributed by atoms with van der Waals surface area (Å²) in [6.07, 6.45) is -30.4. The summed E-state index contributed by atoms with van der Waals surface area (Å²) in [6.45, 7) is 17.9. The second-order valence-electron chi connectivity index (χ2n) is 20.2. The van der Waals surface area contributed by atoms with E-state index in [0.717, 1.165) is 55.0 Å². The van der Waals surface area contributed by atoms with E-state index in [0.29, 0.717) is 38.3 Å². The maximum Gasteiger partial charge on any atom is 0.434 e. The highest BCUT2D eigenvalue weighted by Crippen LogP contribution is 2.38. The van der Waals surface area contributed by atoms with Gasteiger partial charge in [-0.25, -0.2) is 19.2 Å². The largest absolute Gasteiger partial charge is 0.444 e. The molecule has 4 aliphatic rings. The van der Waals surface area contributed by atoms with Crippen molar-refractivity contribution in [3.63, 3.8) is 0 Å². The zero-order valence-corrected chi connectivity index (χ0v) is 43.5. The molecule has 0 bridgehead atoms. The maximum absolute atomic E-state index is 12.7. The van der Waals surface area contributed by atoms with E-state index in [1.54, 1.807) is 30.6 Å². The molecule has 0 radical (unpaired) electrons. The van der Waals surface area contributed by atoms with Crippen LogP contribution in [0.3, 0.4) is 0 Å². The first-order valence-corrected chi connectivity index (χ1v) is 24.0. The number of aryl methyl sites for hydroxylation is 2. The van der Waals surface area contributed by atoms with Gasteiger partial charge in [0.25, 0.3) is 12.2 Å². The van der Waals surface area contributed by atoms with E-state index in [1.165, 1.54) is 0 Å². The summed E-state index contributed by atoms with van der Waals surface area (Å²) >= 11 is 0. The Balaban J connectivity index is 0.000000276. The first-order valence-electron chi connectivity index (χ1n) is 24.0. The highest BCUT2D eigenvalue weighted by atomic mass is 19.4. The number of rotatable bonds is 7. The fourth-order valence-corrected chi connectivity index (χ4v) is 7.78. The second-order valence-corrected chi connectivity index (χ2v) is 20.2. The third-order valence-corrected chi connectivity index (χ3v) is 11.5. The van der Waals surface area contributed by atoms with Gasteiger partial charge in [-0.1, -0.05) is 59.7 Å². The van der Waals surface area contributed by atoms with Crippen molar-refractivity contribution in [3.8, 4) is 0 Å². The Bertz CT molecular complexity index is 2420. The van der Waals surface area contributed by atoms with Crippen molar-refractivity contribution >= 4 is 41.8 Å². The van der Waals surface area contributed by atoms with Crippen molar-refractivity contribution < 1.29 is 95.6 Å².